The summed E-state index contributed by atoms with van der Waals surface area (Å²) in [5, 5.41) is 0. The molecule has 0 unspecified atom stereocenters. The van der Waals surface area contributed by atoms with Crippen LogP contribution in [0.3, 0.4) is 0 Å². The van der Waals surface area contributed by atoms with Gasteiger partial charge in [0, 0.05) is 0 Å². The molecule has 15 heteroatoms. The molecule has 0 radical (unpaired) electrons. The van der Waals surface area contributed by atoms with Crippen molar-refractivity contribution in [2.75, 3.05) is 0 Å². The van der Waals surface area contributed by atoms with E-state index in [-0.39, 0.29) is 0 Å². The van der Waals surface area contributed by atoms with Gasteiger partial charge in [0.15, 0.2) is 0 Å². The molecule has 0 heterocycles. The number of alkyl halides is 6. The fraction of sp³-hybridized carbons (Fsp3) is 0.143. The second-order valence-electron chi connectivity index (χ2n) is 4.72. The van der Waals surface area contributed by atoms with E-state index in [0.29, 0.717) is 7.14 Å². The second kappa shape index (κ2) is 9.59. The van der Waals surface area contributed by atoms with Crippen LogP contribution in [0.15, 0.2) is 60.7 Å². The Labute approximate surface area is 169 Å². The van der Waals surface area contributed by atoms with E-state index in [9.17, 15) is 34.8 Å². The first-order valence-corrected chi connectivity index (χ1v) is 12.8. The van der Waals surface area contributed by atoms with E-state index in [1.807, 2.05) is 0 Å². The molecule has 0 amide bonds. The summed E-state index contributed by atoms with van der Waals surface area (Å²) in [5.41, 5.74) is -11.0. The molecule has 0 bridgehead atoms. The molecule has 0 aliphatic heterocycles. The molecule has 0 saturated carbocycles. The first-order valence-electron chi connectivity index (χ1n) is 6.91. The van der Waals surface area contributed by atoms with Crippen LogP contribution in [0.25, 0.3) is 0 Å². The number of hydrogen-bond acceptors (Lipinski definition) is 5. The SMILES string of the molecule is O=S(=O)(O)C(F)(F)F.O=S(=O)(OI(c1ccccc1)c1ccccc1)C(F)(F)F. The van der Waals surface area contributed by atoms with Crippen LogP contribution in [0.5, 0.6) is 0 Å². The van der Waals surface area contributed by atoms with E-state index in [0.717, 1.165) is 0 Å². The van der Waals surface area contributed by atoms with Crippen molar-refractivity contribution in [2.45, 2.75) is 11.0 Å². The minimum absolute atomic E-state index is 0.473. The van der Waals surface area contributed by atoms with Gasteiger partial charge in [-0.2, -0.15) is 21.6 Å². The Kier molecular flexibility index (Phi) is 8.46. The standard InChI is InChI=1S/C13H10F3IO3S.CHF3O3S/c14-13(15,16)21(18,19)20-17(11-7-3-1-4-8-11)12-9-5-2-6-10-12;2-1(3,4)8(5,6)7/h1-10H;(H,5,6,7). The van der Waals surface area contributed by atoms with Crippen molar-refractivity contribution in [3.63, 3.8) is 0 Å². The zero-order chi connectivity index (χ0) is 22.5. The van der Waals surface area contributed by atoms with Crippen molar-refractivity contribution in [1.29, 1.82) is 0 Å². The molecule has 2 aromatic carbocycles. The third-order valence-electron chi connectivity index (χ3n) is 2.58. The summed E-state index contributed by atoms with van der Waals surface area (Å²) in [4.78, 5) is 0. The summed E-state index contributed by atoms with van der Waals surface area (Å²) in [6.45, 7) is 0. The van der Waals surface area contributed by atoms with Gasteiger partial charge in [0.1, 0.15) is 0 Å². The fourth-order valence-corrected chi connectivity index (χ4v) is 7.89. The number of benzene rings is 2. The zero-order valence-electron chi connectivity index (χ0n) is 13.7. The summed E-state index contributed by atoms with van der Waals surface area (Å²) < 4.78 is 123. The first kappa shape index (κ1) is 25.6. The molecule has 0 spiro atoms. The topological polar surface area (TPSA) is 97.7 Å². The second-order valence-corrected chi connectivity index (χ2v) is 12.6. The Bertz CT molecular complexity index is 953. The number of rotatable bonds is 4. The molecular weight excluding hydrogens is 569 g/mol. The van der Waals surface area contributed by atoms with Gasteiger partial charge in [-0.15, -0.1) is 0 Å². The maximum atomic E-state index is 12.5. The van der Waals surface area contributed by atoms with Crippen LogP contribution >= 0.6 is 20.2 Å². The minimum atomic E-state index is -5.84. The third-order valence-corrected chi connectivity index (χ3v) is 10.2. The Balaban J connectivity index is 0.000000447. The third kappa shape index (κ3) is 7.72. The van der Waals surface area contributed by atoms with Crippen LogP contribution < -0.4 is 0 Å². The van der Waals surface area contributed by atoms with Crippen molar-refractivity contribution >= 4 is 40.5 Å². The molecule has 164 valence electrons. The predicted molar refractivity (Wildman–Crippen MR) is 98.0 cm³/mol. The van der Waals surface area contributed by atoms with Crippen LogP contribution in [0.4, 0.5) is 26.3 Å². The van der Waals surface area contributed by atoms with Crippen molar-refractivity contribution in [3.8, 4) is 0 Å². The van der Waals surface area contributed by atoms with Crippen molar-refractivity contribution in [3.05, 3.63) is 67.8 Å². The summed E-state index contributed by atoms with van der Waals surface area (Å²) >= 11 is -3.19. The monoisotopic (exact) mass is 580 g/mol. The van der Waals surface area contributed by atoms with Crippen LogP contribution in [0, 0.1) is 7.14 Å². The van der Waals surface area contributed by atoms with E-state index in [2.05, 4.69) is 2.51 Å². The number of halogens is 7. The van der Waals surface area contributed by atoms with Gasteiger partial charge in [-0.05, 0) is 0 Å². The Hall–Kier alpha value is -1.43. The van der Waals surface area contributed by atoms with Crippen LogP contribution in [-0.4, -0.2) is 32.4 Å². The quantitative estimate of drug-likeness (QED) is 0.249. The molecule has 2 aromatic rings. The van der Waals surface area contributed by atoms with Crippen LogP contribution in [0.2, 0.25) is 0 Å². The van der Waals surface area contributed by atoms with Crippen molar-refractivity contribution in [2.24, 2.45) is 0 Å². The van der Waals surface area contributed by atoms with Gasteiger partial charge < -0.3 is 0 Å². The average Bonchev–Trinajstić information content (AvgIpc) is 2.59. The summed E-state index contributed by atoms with van der Waals surface area (Å²) in [6, 6.07) is 16.2. The summed E-state index contributed by atoms with van der Waals surface area (Å²) in [7, 11) is -11.5. The molecule has 0 aliphatic carbocycles. The van der Waals surface area contributed by atoms with Gasteiger partial charge in [0.05, 0.1) is 0 Å². The Morgan fingerprint density at radius 1 is 0.690 bits per heavy atom. The van der Waals surface area contributed by atoms with Crippen molar-refractivity contribution in [1.82, 2.24) is 0 Å². The van der Waals surface area contributed by atoms with Gasteiger partial charge in [-0.1, -0.05) is 0 Å². The van der Waals surface area contributed by atoms with Crippen molar-refractivity contribution < 1.29 is 50.2 Å². The first-order chi connectivity index (χ1) is 13.1. The zero-order valence-corrected chi connectivity index (χ0v) is 17.5. The van der Waals surface area contributed by atoms with E-state index in [4.69, 9.17) is 13.0 Å². The molecule has 0 atom stereocenters. The molecule has 0 aromatic heterocycles. The van der Waals surface area contributed by atoms with Gasteiger partial charge in [-0.3, -0.25) is 4.55 Å². The molecule has 0 saturated heterocycles. The average molecular weight is 580 g/mol. The predicted octanol–water partition coefficient (Wildman–Crippen LogP) is 4.41. The summed E-state index contributed by atoms with van der Waals surface area (Å²) in [6.07, 6.45) is 0. The van der Waals surface area contributed by atoms with Crippen LogP contribution in [-0.2, 0) is 22.7 Å². The van der Waals surface area contributed by atoms with E-state index >= 15 is 0 Å². The van der Waals surface area contributed by atoms with Crippen LogP contribution in [0.1, 0.15) is 0 Å². The van der Waals surface area contributed by atoms with Gasteiger partial charge >= 0.3 is 143 Å². The Morgan fingerprint density at radius 2 is 1.00 bits per heavy atom. The normalized spacial score (nSPS) is 13.3. The Morgan fingerprint density at radius 3 is 1.24 bits per heavy atom. The molecule has 2 rings (SSSR count). The number of hydrogen-bond donors (Lipinski definition) is 1. The van der Waals surface area contributed by atoms with E-state index in [1.165, 1.54) is 0 Å². The molecule has 6 nitrogen and oxygen atoms in total. The van der Waals surface area contributed by atoms with Gasteiger partial charge in [0.2, 0.25) is 0 Å². The van der Waals surface area contributed by atoms with Gasteiger partial charge in [-0.25, -0.2) is 0 Å². The fourth-order valence-electron chi connectivity index (χ4n) is 1.38. The molecule has 29 heavy (non-hydrogen) atoms. The summed E-state index contributed by atoms with van der Waals surface area (Å²) in [5.74, 6) is 0. The molecule has 0 aliphatic rings. The van der Waals surface area contributed by atoms with E-state index in [1.54, 1.807) is 60.7 Å². The molecule has 0 fully saturated rings. The van der Waals surface area contributed by atoms with Gasteiger partial charge in [0.25, 0.3) is 0 Å². The van der Waals surface area contributed by atoms with E-state index < -0.39 is 51.5 Å². The molecular formula is C14H11F6IO6S2. The molecule has 1 N–H and O–H groups in total. The maximum absolute atomic E-state index is 12.5.